The van der Waals surface area contributed by atoms with Crippen LogP contribution in [0, 0.1) is 10.1 Å². The van der Waals surface area contributed by atoms with Gasteiger partial charge in [-0.05, 0) is 23.8 Å². The minimum absolute atomic E-state index is 0.0267. The predicted octanol–water partition coefficient (Wildman–Crippen LogP) is 3.53. The van der Waals surface area contributed by atoms with Crippen LogP contribution in [0.15, 0.2) is 48.5 Å². The van der Waals surface area contributed by atoms with Crippen molar-refractivity contribution in [2.45, 2.75) is 0 Å². The van der Waals surface area contributed by atoms with Gasteiger partial charge in [0, 0.05) is 12.1 Å². The van der Waals surface area contributed by atoms with Crippen LogP contribution in [-0.2, 0) is 0 Å². The molecular formula is C15H11N3O3. The van der Waals surface area contributed by atoms with Crippen LogP contribution in [0.3, 0.4) is 0 Å². The molecule has 0 aliphatic heterocycles. The molecule has 21 heavy (non-hydrogen) atoms. The Hall–Kier alpha value is -3.15. The van der Waals surface area contributed by atoms with Crippen molar-refractivity contribution in [3.63, 3.8) is 0 Å². The maximum atomic E-state index is 10.7. The molecule has 0 saturated carbocycles. The van der Waals surface area contributed by atoms with E-state index in [2.05, 4.69) is 9.97 Å². The van der Waals surface area contributed by atoms with Gasteiger partial charge < -0.3 is 10.1 Å². The Morgan fingerprint density at radius 3 is 2.81 bits per heavy atom. The Kier molecular flexibility index (Phi) is 3.12. The van der Waals surface area contributed by atoms with E-state index in [0.717, 1.165) is 11.0 Å². The number of imidazole rings is 1. The molecule has 0 aliphatic carbocycles. The lowest BCUT2D eigenvalue weighted by molar-refractivity contribution is -0.384. The molecule has 2 aromatic carbocycles. The number of nitro benzene ring substituents is 1. The molecule has 0 fully saturated rings. The van der Waals surface area contributed by atoms with Crippen molar-refractivity contribution in [3.05, 3.63) is 70.0 Å². The maximum Gasteiger partial charge on any atom is 0.270 e. The molecule has 6 heteroatoms. The van der Waals surface area contributed by atoms with E-state index in [1.165, 1.54) is 18.2 Å². The van der Waals surface area contributed by atoms with Crippen molar-refractivity contribution >= 4 is 28.6 Å². The number of aromatic amines is 1. The van der Waals surface area contributed by atoms with Crippen molar-refractivity contribution in [2.75, 3.05) is 0 Å². The summed E-state index contributed by atoms with van der Waals surface area (Å²) in [5.41, 5.74) is 2.06. The van der Waals surface area contributed by atoms with Gasteiger partial charge in [-0.3, -0.25) is 10.1 Å². The van der Waals surface area contributed by atoms with E-state index in [1.807, 2.05) is 24.3 Å². The van der Waals surface area contributed by atoms with E-state index in [4.69, 9.17) is 0 Å². The van der Waals surface area contributed by atoms with Crippen LogP contribution >= 0.6 is 0 Å². The molecule has 3 rings (SSSR count). The third kappa shape index (κ3) is 2.59. The monoisotopic (exact) mass is 281 g/mol. The number of fused-ring (bicyclic) bond motifs is 1. The van der Waals surface area contributed by atoms with Gasteiger partial charge in [0.1, 0.15) is 0 Å². The van der Waals surface area contributed by atoms with Crippen LogP contribution in [0.1, 0.15) is 11.4 Å². The summed E-state index contributed by atoms with van der Waals surface area (Å²) in [6.45, 7) is 0. The number of H-pyrrole nitrogens is 1. The second-order valence-corrected chi connectivity index (χ2v) is 4.48. The fraction of sp³-hybridized carbons (Fsp3) is 0. The van der Waals surface area contributed by atoms with E-state index < -0.39 is 4.92 Å². The smallest absolute Gasteiger partial charge is 0.270 e. The third-order valence-electron chi connectivity index (χ3n) is 3.02. The van der Waals surface area contributed by atoms with Gasteiger partial charge in [-0.2, -0.15) is 0 Å². The predicted molar refractivity (Wildman–Crippen MR) is 79.7 cm³/mol. The summed E-state index contributed by atoms with van der Waals surface area (Å²) in [5.74, 6) is 0.245. The van der Waals surface area contributed by atoms with E-state index in [1.54, 1.807) is 12.1 Å². The van der Waals surface area contributed by atoms with Crippen LogP contribution in [0.2, 0.25) is 0 Å². The Morgan fingerprint density at radius 2 is 2.05 bits per heavy atom. The lowest BCUT2D eigenvalue weighted by atomic mass is 10.2. The highest BCUT2D eigenvalue weighted by Crippen LogP contribution is 2.19. The molecule has 2 N–H and O–H groups in total. The van der Waals surface area contributed by atoms with Gasteiger partial charge >= 0.3 is 0 Å². The maximum absolute atomic E-state index is 10.7. The SMILES string of the molecule is O=[N+]([O-])c1cccc(/C=C(\O)c2nc3ccccc3[nH]2)c1. The van der Waals surface area contributed by atoms with Gasteiger partial charge in [0.2, 0.25) is 0 Å². The summed E-state index contributed by atoms with van der Waals surface area (Å²) in [6, 6.07) is 13.4. The first-order valence-corrected chi connectivity index (χ1v) is 6.24. The molecule has 0 radical (unpaired) electrons. The van der Waals surface area contributed by atoms with Crippen molar-refractivity contribution < 1.29 is 10.0 Å². The zero-order chi connectivity index (χ0) is 14.8. The Morgan fingerprint density at radius 1 is 1.24 bits per heavy atom. The number of aliphatic hydroxyl groups excluding tert-OH is 1. The summed E-state index contributed by atoms with van der Waals surface area (Å²) in [4.78, 5) is 17.5. The highest BCUT2D eigenvalue weighted by atomic mass is 16.6. The topological polar surface area (TPSA) is 92.1 Å². The average molecular weight is 281 g/mol. The van der Waals surface area contributed by atoms with Gasteiger partial charge in [0.05, 0.1) is 16.0 Å². The molecule has 6 nitrogen and oxygen atoms in total. The van der Waals surface area contributed by atoms with E-state index in [0.29, 0.717) is 11.4 Å². The second kappa shape index (κ2) is 5.09. The largest absolute Gasteiger partial charge is 0.504 e. The molecule has 1 heterocycles. The average Bonchev–Trinajstić information content (AvgIpc) is 2.91. The first-order chi connectivity index (χ1) is 10.1. The normalized spacial score (nSPS) is 11.7. The highest BCUT2D eigenvalue weighted by Gasteiger charge is 2.08. The fourth-order valence-corrected chi connectivity index (χ4v) is 2.03. The van der Waals surface area contributed by atoms with Crippen molar-refractivity contribution in [1.29, 1.82) is 0 Å². The number of para-hydroxylation sites is 2. The summed E-state index contributed by atoms with van der Waals surface area (Å²) in [5, 5.41) is 20.8. The van der Waals surface area contributed by atoms with E-state index in [-0.39, 0.29) is 11.4 Å². The molecule has 0 amide bonds. The van der Waals surface area contributed by atoms with Crippen molar-refractivity contribution in [2.24, 2.45) is 0 Å². The Bertz CT molecular complexity index is 819. The number of nitrogens with zero attached hydrogens (tertiary/aromatic N) is 2. The number of aromatic nitrogens is 2. The molecule has 0 spiro atoms. The number of non-ortho nitro benzene ring substituents is 1. The number of benzene rings is 2. The molecule has 104 valence electrons. The van der Waals surface area contributed by atoms with Gasteiger partial charge in [-0.1, -0.05) is 24.3 Å². The summed E-state index contributed by atoms with van der Waals surface area (Å²) < 4.78 is 0. The number of hydrogen-bond acceptors (Lipinski definition) is 4. The van der Waals surface area contributed by atoms with E-state index in [9.17, 15) is 15.2 Å². The van der Waals surface area contributed by atoms with Gasteiger partial charge in [-0.15, -0.1) is 0 Å². The van der Waals surface area contributed by atoms with Crippen LogP contribution < -0.4 is 0 Å². The number of nitrogens with one attached hydrogen (secondary N) is 1. The second-order valence-electron chi connectivity index (χ2n) is 4.48. The quantitative estimate of drug-likeness (QED) is 0.436. The standard InChI is InChI=1S/C15H11N3O3/c19-14(9-10-4-3-5-11(8-10)18(20)21)15-16-12-6-1-2-7-13(12)17-15/h1-9,19H,(H,16,17)/b14-9-. The minimum Gasteiger partial charge on any atom is -0.504 e. The Balaban J connectivity index is 1.98. The highest BCUT2D eigenvalue weighted by molar-refractivity contribution is 5.81. The van der Waals surface area contributed by atoms with Crippen LogP contribution in [0.5, 0.6) is 0 Å². The molecule has 0 saturated heterocycles. The van der Waals surface area contributed by atoms with Gasteiger partial charge in [0.15, 0.2) is 11.6 Å². The number of hydrogen-bond donors (Lipinski definition) is 2. The number of rotatable bonds is 3. The lowest BCUT2D eigenvalue weighted by Gasteiger charge is -1.97. The molecule has 0 bridgehead atoms. The van der Waals surface area contributed by atoms with E-state index >= 15 is 0 Å². The number of nitro groups is 1. The zero-order valence-electron chi connectivity index (χ0n) is 10.9. The van der Waals surface area contributed by atoms with Crippen LogP contribution in [0.25, 0.3) is 22.9 Å². The molecule has 0 aliphatic rings. The first-order valence-electron chi connectivity index (χ1n) is 6.24. The number of aliphatic hydroxyl groups is 1. The lowest BCUT2D eigenvalue weighted by Crippen LogP contribution is -1.89. The fourth-order valence-electron chi connectivity index (χ4n) is 2.03. The van der Waals surface area contributed by atoms with Crippen LogP contribution in [-0.4, -0.2) is 20.0 Å². The molecule has 1 aromatic heterocycles. The molecule has 0 atom stereocenters. The zero-order valence-corrected chi connectivity index (χ0v) is 10.9. The molecular weight excluding hydrogens is 270 g/mol. The van der Waals surface area contributed by atoms with Crippen LogP contribution in [0.4, 0.5) is 5.69 Å². The van der Waals surface area contributed by atoms with Gasteiger partial charge in [-0.25, -0.2) is 4.98 Å². The summed E-state index contributed by atoms with van der Waals surface area (Å²) in [6.07, 6.45) is 1.44. The van der Waals surface area contributed by atoms with Gasteiger partial charge in [0.25, 0.3) is 5.69 Å². The first kappa shape index (κ1) is 12.9. The molecule has 0 unspecified atom stereocenters. The summed E-state index contributed by atoms with van der Waals surface area (Å²) >= 11 is 0. The summed E-state index contributed by atoms with van der Waals surface area (Å²) in [7, 11) is 0. The van der Waals surface area contributed by atoms with Crippen molar-refractivity contribution in [1.82, 2.24) is 9.97 Å². The third-order valence-corrected chi connectivity index (χ3v) is 3.02. The molecule has 3 aromatic rings. The minimum atomic E-state index is -0.477. The Labute approximate surface area is 119 Å². The van der Waals surface area contributed by atoms with Crippen molar-refractivity contribution in [3.8, 4) is 0 Å².